The third-order valence-corrected chi connectivity index (χ3v) is 1.90. The highest BCUT2D eigenvalue weighted by Gasteiger charge is 2.14. The van der Waals surface area contributed by atoms with Crippen LogP contribution in [0.15, 0.2) is 12.2 Å². The molecule has 0 rings (SSSR count). The third-order valence-electron chi connectivity index (χ3n) is 1.90. The number of nitrogens with two attached hydrogens (primary N) is 2. The third kappa shape index (κ3) is 2.99. The van der Waals surface area contributed by atoms with Crippen molar-refractivity contribution in [3.05, 3.63) is 12.2 Å². The van der Waals surface area contributed by atoms with Crippen molar-refractivity contribution in [1.82, 2.24) is 0 Å². The van der Waals surface area contributed by atoms with Crippen LogP contribution in [0.1, 0.15) is 26.7 Å². The van der Waals surface area contributed by atoms with E-state index in [1.165, 1.54) is 0 Å². The summed E-state index contributed by atoms with van der Waals surface area (Å²) >= 11 is 0. The topological polar surface area (TPSA) is 52.0 Å². The monoisotopic (exact) mass is 142 g/mol. The fraction of sp³-hybridized carbons (Fsp3) is 0.750. The summed E-state index contributed by atoms with van der Waals surface area (Å²) in [4.78, 5) is 0. The summed E-state index contributed by atoms with van der Waals surface area (Å²) in [7, 11) is 0. The smallest absolute Gasteiger partial charge is 0.0334 e. The van der Waals surface area contributed by atoms with Gasteiger partial charge in [0, 0.05) is 12.1 Å². The van der Waals surface area contributed by atoms with Crippen molar-refractivity contribution >= 4 is 0 Å². The van der Waals surface area contributed by atoms with Crippen molar-refractivity contribution < 1.29 is 0 Å². The van der Waals surface area contributed by atoms with E-state index < -0.39 is 0 Å². The van der Waals surface area contributed by atoms with Crippen LogP contribution >= 0.6 is 0 Å². The zero-order valence-corrected chi connectivity index (χ0v) is 6.93. The Balaban J connectivity index is 3.92. The minimum Gasteiger partial charge on any atom is -0.327 e. The van der Waals surface area contributed by atoms with Crippen LogP contribution in [0.2, 0.25) is 0 Å². The van der Waals surface area contributed by atoms with E-state index in [-0.39, 0.29) is 5.54 Å². The van der Waals surface area contributed by atoms with Gasteiger partial charge in [-0.2, -0.15) is 0 Å². The first kappa shape index (κ1) is 9.66. The van der Waals surface area contributed by atoms with Gasteiger partial charge in [-0.05, 0) is 12.8 Å². The fourth-order valence-corrected chi connectivity index (χ4v) is 0.788. The molecule has 0 aromatic heterocycles. The van der Waals surface area contributed by atoms with E-state index in [0.29, 0.717) is 6.54 Å². The molecule has 60 valence electrons. The SMILES string of the molecule is CCC(N)(C=CCN)CC. The van der Waals surface area contributed by atoms with E-state index in [0.717, 1.165) is 12.8 Å². The predicted octanol–water partition coefficient (Wildman–Crippen LogP) is 1.02. The molecule has 0 aliphatic carbocycles. The number of hydrogen-bond donors (Lipinski definition) is 2. The van der Waals surface area contributed by atoms with Crippen molar-refractivity contribution in [3.63, 3.8) is 0 Å². The van der Waals surface area contributed by atoms with Crippen molar-refractivity contribution in [2.24, 2.45) is 11.5 Å². The molecule has 0 fully saturated rings. The summed E-state index contributed by atoms with van der Waals surface area (Å²) in [6.45, 7) is 4.76. The van der Waals surface area contributed by atoms with Crippen LogP contribution in [-0.2, 0) is 0 Å². The van der Waals surface area contributed by atoms with Gasteiger partial charge in [-0.1, -0.05) is 26.0 Å². The lowest BCUT2D eigenvalue weighted by atomic mass is 9.94. The molecule has 0 heterocycles. The predicted molar refractivity (Wildman–Crippen MR) is 45.7 cm³/mol. The van der Waals surface area contributed by atoms with Gasteiger partial charge in [0.1, 0.15) is 0 Å². The molecule has 0 aromatic carbocycles. The molecule has 0 spiro atoms. The Morgan fingerprint density at radius 2 is 1.80 bits per heavy atom. The second kappa shape index (κ2) is 4.47. The van der Waals surface area contributed by atoms with Crippen molar-refractivity contribution in [2.45, 2.75) is 32.2 Å². The van der Waals surface area contributed by atoms with Gasteiger partial charge in [0.15, 0.2) is 0 Å². The minimum absolute atomic E-state index is 0.126. The van der Waals surface area contributed by atoms with Gasteiger partial charge in [-0.25, -0.2) is 0 Å². The summed E-state index contributed by atoms with van der Waals surface area (Å²) in [6, 6.07) is 0. The molecule has 4 N–H and O–H groups in total. The van der Waals surface area contributed by atoms with Gasteiger partial charge in [0.25, 0.3) is 0 Å². The quantitative estimate of drug-likeness (QED) is 0.576. The maximum atomic E-state index is 5.94. The summed E-state index contributed by atoms with van der Waals surface area (Å²) in [5.41, 5.74) is 11.1. The lowest BCUT2D eigenvalue weighted by Gasteiger charge is -2.21. The maximum Gasteiger partial charge on any atom is 0.0334 e. The normalized spacial score (nSPS) is 12.8. The minimum atomic E-state index is -0.126. The molecule has 0 aliphatic heterocycles. The van der Waals surface area contributed by atoms with Gasteiger partial charge in [0.05, 0.1) is 0 Å². The largest absolute Gasteiger partial charge is 0.327 e. The Labute approximate surface area is 63.3 Å². The van der Waals surface area contributed by atoms with Gasteiger partial charge in [-0.15, -0.1) is 0 Å². The van der Waals surface area contributed by atoms with Gasteiger partial charge < -0.3 is 11.5 Å². The summed E-state index contributed by atoms with van der Waals surface area (Å²) < 4.78 is 0. The van der Waals surface area contributed by atoms with E-state index in [1.807, 2.05) is 12.2 Å². The molecule has 0 amide bonds. The van der Waals surface area contributed by atoms with E-state index >= 15 is 0 Å². The van der Waals surface area contributed by atoms with Gasteiger partial charge >= 0.3 is 0 Å². The molecule has 2 nitrogen and oxygen atoms in total. The highest BCUT2D eigenvalue weighted by molar-refractivity contribution is 5.03. The van der Waals surface area contributed by atoms with Gasteiger partial charge in [-0.3, -0.25) is 0 Å². The van der Waals surface area contributed by atoms with Crippen LogP contribution in [0.5, 0.6) is 0 Å². The summed E-state index contributed by atoms with van der Waals surface area (Å²) in [6.07, 6.45) is 5.88. The number of hydrogen-bond acceptors (Lipinski definition) is 2. The lowest BCUT2D eigenvalue weighted by molar-refractivity contribution is 0.492. The first-order chi connectivity index (χ1) is 4.68. The van der Waals surface area contributed by atoms with Crippen molar-refractivity contribution in [1.29, 1.82) is 0 Å². The Kier molecular flexibility index (Phi) is 4.32. The molecule has 2 heteroatoms. The molecule has 10 heavy (non-hydrogen) atoms. The Morgan fingerprint density at radius 1 is 1.30 bits per heavy atom. The Hall–Kier alpha value is -0.340. The van der Waals surface area contributed by atoms with Crippen LogP contribution in [0, 0.1) is 0 Å². The van der Waals surface area contributed by atoms with Crippen LogP contribution < -0.4 is 11.5 Å². The average Bonchev–Trinajstić information content (AvgIpc) is 2.00. The van der Waals surface area contributed by atoms with Crippen molar-refractivity contribution in [2.75, 3.05) is 6.54 Å². The molecule has 0 aliphatic rings. The summed E-state index contributed by atoms with van der Waals surface area (Å²) in [5, 5.41) is 0. The second-order valence-corrected chi connectivity index (χ2v) is 2.58. The molecule has 0 atom stereocenters. The lowest BCUT2D eigenvalue weighted by Crippen LogP contribution is -2.35. The van der Waals surface area contributed by atoms with E-state index in [4.69, 9.17) is 11.5 Å². The zero-order valence-electron chi connectivity index (χ0n) is 6.93. The molecule has 0 saturated carbocycles. The molecule has 0 saturated heterocycles. The fourth-order valence-electron chi connectivity index (χ4n) is 0.788. The number of rotatable bonds is 4. The van der Waals surface area contributed by atoms with Crippen LogP contribution in [0.4, 0.5) is 0 Å². The van der Waals surface area contributed by atoms with E-state index in [1.54, 1.807) is 0 Å². The Bertz CT molecular complexity index is 104. The molecular formula is C8H18N2. The van der Waals surface area contributed by atoms with Crippen molar-refractivity contribution in [3.8, 4) is 0 Å². The van der Waals surface area contributed by atoms with E-state index in [9.17, 15) is 0 Å². The zero-order chi connectivity index (χ0) is 8.04. The highest BCUT2D eigenvalue weighted by atomic mass is 14.7. The molecule has 0 aromatic rings. The summed E-state index contributed by atoms with van der Waals surface area (Å²) in [5.74, 6) is 0. The highest BCUT2D eigenvalue weighted by Crippen LogP contribution is 2.11. The first-order valence-electron chi connectivity index (χ1n) is 3.85. The molecule has 0 unspecified atom stereocenters. The average molecular weight is 142 g/mol. The molecule has 0 bridgehead atoms. The molecule has 0 radical (unpaired) electrons. The standard InChI is InChI=1S/C8H18N2/c1-3-8(10,4-2)6-5-7-9/h5-6H,3-4,7,9-10H2,1-2H3. The van der Waals surface area contributed by atoms with Crippen LogP contribution in [0.3, 0.4) is 0 Å². The van der Waals surface area contributed by atoms with E-state index in [2.05, 4.69) is 13.8 Å². The van der Waals surface area contributed by atoms with Gasteiger partial charge in [0.2, 0.25) is 0 Å². The second-order valence-electron chi connectivity index (χ2n) is 2.58. The van der Waals surface area contributed by atoms with Crippen LogP contribution in [0.25, 0.3) is 0 Å². The maximum absolute atomic E-state index is 5.94. The Morgan fingerprint density at radius 3 is 2.10 bits per heavy atom. The molecular weight excluding hydrogens is 124 g/mol. The first-order valence-corrected chi connectivity index (χ1v) is 3.85. The van der Waals surface area contributed by atoms with Crippen LogP contribution in [-0.4, -0.2) is 12.1 Å².